The first-order valence-corrected chi connectivity index (χ1v) is 11.6. The number of carbonyl (C=O) groups is 1. The summed E-state index contributed by atoms with van der Waals surface area (Å²) in [5, 5.41) is 0. The second kappa shape index (κ2) is 9.09. The zero-order valence-corrected chi connectivity index (χ0v) is 20.6. The number of alkyl halides is 3. The molecule has 6 nitrogen and oxygen atoms in total. The Hall–Kier alpha value is -3.23. The van der Waals surface area contributed by atoms with Gasteiger partial charge in [-0.05, 0) is 42.7 Å². The number of carbonyl (C=O) groups excluding carboxylic acids is 1. The van der Waals surface area contributed by atoms with E-state index < -0.39 is 11.7 Å². The number of nitrogens with zero attached hydrogens (tertiary/aromatic N) is 3. The van der Waals surface area contributed by atoms with E-state index in [1.54, 1.807) is 18.2 Å². The molecule has 1 fully saturated rings. The Balaban J connectivity index is 1.71. The van der Waals surface area contributed by atoms with Gasteiger partial charge in [-0.2, -0.15) is 13.2 Å². The summed E-state index contributed by atoms with van der Waals surface area (Å²) in [7, 11) is 1.53. The van der Waals surface area contributed by atoms with Crippen LogP contribution in [0.4, 0.5) is 18.9 Å². The highest BCUT2D eigenvalue weighted by Crippen LogP contribution is 2.43. The van der Waals surface area contributed by atoms with E-state index in [1.165, 1.54) is 13.2 Å². The number of hydrogen-bond acceptors (Lipinski definition) is 5. The van der Waals surface area contributed by atoms with Gasteiger partial charge in [0.1, 0.15) is 23.0 Å². The van der Waals surface area contributed by atoms with Crippen LogP contribution >= 0.6 is 0 Å². The molecule has 2 aromatic rings. The molecule has 4 rings (SSSR count). The number of benzene rings is 2. The SMILES string of the molecule is COc1ccc2c(c1)Oc1ccc(C(F)(F)F)cc1N=C2N1CCN(C(=O)CC(C)(C)C)C(C)C1. The molecular formula is C26H30F3N3O3. The van der Waals surface area contributed by atoms with E-state index >= 15 is 0 Å². The van der Waals surface area contributed by atoms with Crippen molar-refractivity contribution in [1.29, 1.82) is 0 Å². The largest absolute Gasteiger partial charge is 0.497 e. The fourth-order valence-corrected chi connectivity index (χ4v) is 4.38. The predicted octanol–water partition coefficient (Wildman–Crippen LogP) is 5.87. The van der Waals surface area contributed by atoms with Gasteiger partial charge in [-0.15, -0.1) is 0 Å². The number of hydrogen-bond donors (Lipinski definition) is 0. The Labute approximate surface area is 203 Å². The van der Waals surface area contributed by atoms with Crippen LogP contribution in [0.25, 0.3) is 0 Å². The first-order valence-electron chi connectivity index (χ1n) is 11.6. The predicted molar refractivity (Wildman–Crippen MR) is 128 cm³/mol. The summed E-state index contributed by atoms with van der Waals surface area (Å²) < 4.78 is 51.6. The Morgan fingerprint density at radius 1 is 1.11 bits per heavy atom. The van der Waals surface area contributed by atoms with Crippen molar-refractivity contribution >= 4 is 17.4 Å². The van der Waals surface area contributed by atoms with Crippen LogP contribution in [0.3, 0.4) is 0 Å². The maximum atomic E-state index is 13.4. The van der Waals surface area contributed by atoms with Gasteiger partial charge in [0.2, 0.25) is 5.91 Å². The van der Waals surface area contributed by atoms with Crippen molar-refractivity contribution in [3.8, 4) is 17.2 Å². The number of piperazine rings is 1. The van der Waals surface area contributed by atoms with Gasteiger partial charge < -0.3 is 19.3 Å². The van der Waals surface area contributed by atoms with E-state index in [2.05, 4.69) is 4.99 Å². The van der Waals surface area contributed by atoms with Crippen LogP contribution in [0.15, 0.2) is 41.4 Å². The summed E-state index contributed by atoms with van der Waals surface area (Å²) in [6.07, 6.45) is -4.05. The number of fused-ring (bicyclic) bond motifs is 2. The summed E-state index contributed by atoms with van der Waals surface area (Å²) in [5.74, 6) is 1.84. The molecule has 1 unspecified atom stereocenters. The van der Waals surface area contributed by atoms with Crippen LogP contribution in [-0.2, 0) is 11.0 Å². The molecule has 188 valence electrons. The minimum absolute atomic E-state index is 0.0897. The van der Waals surface area contributed by atoms with Gasteiger partial charge in [-0.3, -0.25) is 4.79 Å². The Kier molecular flexibility index (Phi) is 6.46. The molecule has 1 saturated heterocycles. The van der Waals surface area contributed by atoms with Crippen LogP contribution in [0, 0.1) is 5.41 Å². The molecule has 2 heterocycles. The molecule has 0 N–H and O–H groups in total. The Morgan fingerprint density at radius 3 is 2.49 bits per heavy atom. The summed E-state index contributed by atoms with van der Waals surface area (Å²) in [4.78, 5) is 21.4. The van der Waals surface area contributed by atoms with Gasteiger partial charge in [0, 0.05) is 38.2 Å². The minimum Gasteiger partial charge on any atom is -0.497 e. The summed E-state index contributed by atoms with van der Waals surface area (Å²) in [6, 6.07) is 8.45. The monoisotopic (exact) mass is 489 g/mol. The van der Waals surface area contributed by atoms with Crippen LogP contribution in [0.2, 0.25) is 0 Å². The van der Waals surface area contributed by atoms with Crippen LogP contribution in [0.5, 0.6) is 17.2 Å². The Bertz CT molecular complexity index is 1150. The zero-order chi connectivity index (χ0) is 25.5. The molecule has 2 aliphatic heterocycles. The lowest BCUT2D eigenvalue weighted by atomic mass is 9.91. The molecule has 0 bridgehead atoms. The first kappa shape index (κ1) is 24.9. The van der Waals surface area contributed by atoms with Crippen molar-refractivity contribution in [3.05, 3.63) is 47.5 Å². The van der Waals surface area contributed by atoms with Gasteiger partial charge in [-0.25, -0.2) is 4.99 Å². The van der Waals surface area contributed by atoms with Gasteiger partial charge in [0.25, 0.3) is 0 Å². The quantitative estimate of drug-likeness (QED) is 0.530. The third-order valence-electron chi connectivity index (χ3n) is 6.09. The standard InChI is InChI=1S/C26H30F3N3O3/c1-16-15-31(10-11-32(16)23(33)14-25(2,3)4)24-19-8-7-18(34-5)13-22(19)35-21-9-6-17(26(27,28)29)12-20(21)30-24/h6-9,12-13,16H,10-11,14-15H2,1-5H3. The van der Waals surface area contributed by atoms with Crippen LogP contribution < -0.4 is 9.47 Å². The lowest BCUT2D eigenvalue weighted by molar-refractivity contribution is -0.138. The topological polar surface area (TPSA) is 54.4 Å². The molecule has 0 radical (unpaired) electrons. The molecule has 0 aromatic heterocycles. The summed E-state index contributed by atoms with van der Waals surface area (Å²) in [5.41, 5.74) is -0.160. The maximum Gasteiger partial charge on any atom is 0.416 e. The van der Waals surface area contributed by atoms with Gasteiger partial charge in [0.05, 0.1) is 18.2 Å². The van der Waals surface area contributed by atoms with Crippen molar-refractivity contribution in [2.75, 3.05) is 26.7 Å². The van der Waals surface area contributed by atoms with Gasteiger partial charge in [0.15, 0.2) is 5.75 Å². The molecule has 2 aromatic carbocycles. The van der Waals surface area contributed by atoms with Gasteiger partial charge >= 0.3 is 6.18 Å². The van der Waals surface area contributed by atoms with E-state index in [0.29, 0.717) is 49.0 Å². The summed E-state index contributed by atoms with van der Waals surface area (Å²) >= 11 is 0. The van der Waals surface area contributed by atoms with E-state index in [-0.39, 0.29) is 28.8 Å². The number of amides is 1. The molecular weight excluding hydrogens is 459 g/mol. The third-order valence-corrected chi connectivity index (χ3v) is 6.09. The maximum absolute atomic E-state index is 13.4. The van der Waals surface area contributed by atoms with E-state index in [4.69, 9.17) is 9.47 Å². The lowest BCUT2D eigenvalue weighted by Crippen LogP contribution is -2.56. The van der Waals surface area contributed by atoms with Gasteiger partial charge in [-0.1, -0.05) is 20.8 Å². The molecule has 0 saturated carbocycles. The van der Waals surface area contributed by atoms with E-state index in [1.807, 2.05) is 37.5 Å². The fraction of sp³-hybridized carbons (Fsp3) is 0.462. The molecule has 35 heavy (non-hydrogen) atoms. The molecule has 1 amide bonds. The second-order valence-corrected chi connectivity index (χ2v) is 10.2. The van der Waals surface area contributed by atoms with Crippen LogP contribution in [-0.4, -0.2) is 54.3 Å². The van der Waals surface area contributed by atoms with Crippen molar-refractivity contribution in [2.24, 2.45) is 10.4 Å². The number of methoxy groups -OCH3 is 1. The molecule has 9 heteroatoms. The smallest absolute Gasteiger partial charge is 0.416 e. The highest BCUT2D eigenvalue weighted by molar-refractivity contribution is 6.04. The number of aliphatic imine (C=N–C) groups is 1. The average molecular weight is 490 g/mol. The zero-order valence-electron chi connectivity index (χ0n) is 20.6. The van der Waals surface area contributed by atoms with Crippen molar-refractivity contribution in [1.82, 2.24) is 9.80 Å². The van der Waals surface area contributed by atoms with Crippen LogP contribution in [0.1, 0.15) is 45.2 Å². The number of rotatable bonds is 2. The first-order chi connectivity index (χ1) is 16.4. The molecule has 2 aliphatic rings. The van der Waals surface area contributed by atoms with E-state index in [9.17, 15) is 18.0 Å². The third kappa shape index (κ3) is 5.39. The summed E-state index contributed by atoms with van der Waals surface area (Å²) in [6.45, 7) is 9.56. The van der Waals surface area contributed by atoms with Crippen molar-refractivity contribution in [2.45, 2.75) is 46.3 Å². The Morgan fingerprint density at radius 2 is 1.86 bits per heavy atom. The highest BCUT2D eigenvalue weighted by atomic mass is 19.4. The number of amidine groups is 1. The van der Waals surface area contributed by atoms with E-state index in [0.717, 1.165) is 12.1 Å². The lowest BCUT2D eigenvalue weighted by Gasteiger charge is -2.42. The minimum atomic E-state index is -4.50. The second-order valence-electron chi connectivity index (χ2n) is 10.2. The molecule has 0 aliphatic carbocycles. The average Bonchev–Trinajstić information content (AvgIpc) is 2.92. The molecule has 0 spiro atoms. The normalized spacial score (nSPS) is 18.2. The van der Waals surface area contributed by atoms with Crippen molar-refractivity contribution in [3.63, 3.8) is 0 Å². The fourth-order valence-electron chi connectivity index (χ4n) is 4.38. The number of ether oxygens (including phenoxy) is 2. The highest BCUT2D eigenvalue weighted by Gasteiger charge is 2.35. The number of halogens is 3. The molecule has 1 atom stereocenters. The van der Waals surface area contributed by atoms with Crippen molar-refractivity contribution < 1.29 is 27.4 Å².